The van der Waals surface area contributed by atoms with E-state index in [2.05, 4.69) is 0 Å². The Kier molecular flexibility index (Phi) is 6.00. The first-order valence-corrected chi connectivity index (χ1v) is 10.0. The van der Waals surface area contributed by atoms with Gasteiger partial charge in [-0.15, -0.1) is 0 Å². The van der Waals surface area contributed by atoms with Gasteiger partial charge >= 0.3 is 17.9 Å². The Morgan fingerprint density at radius 1 is 0.515 bits per heavy atom. The van der Waals surface area contributed by atoms with E-state index < -0.39 is 17.9 Å². The van der Waals surface area contributed by atoms with Gasteiger partial charge in [0.15, 0.2) is 0 Å². The molecule has 0 aliphatic heterocycles. The van der Waals surface area contributed by atoms with E-state index >= 15 is 0 Å². The van der Waals surface area contributed by atoms with Crippen LogP contribution in [-0.2, 0) is 0 Å². The average molecular weight is 438 g/mol. The molecule has 0 fully saturated rings. The molecular formula is C27H18O6. The molecule has 0 heterocycles. The molecule has 4 aromatic carbocycles. The first kappa shape index (κ1) is 21.5. The normalized spacial score (nSPS) is 10.4. The van der Waals surface area contributed by atoms with E-state index in [1.807, 2.05) is 12.1 Å². The van der Waals surface area contributed by atoms with E-state index in [0.717, 1.165) is 11.1 Å². The Morgan fingerprint density at radius 3 is 1.39 bits per heavy atom. The maximum Gasteiger partial charge on any atom is 0.343 e. The largest absolute Gasteiger partial charge is 0.478 e. The number of hydrogen-bond donors (Lipinski definition) is 2. The summed E-state index contributed by atoms with van der Waals surface area (Å²) in [6, 6.07) is 26.6. The summed E-state index contributed by atoms with van der Waals surface area (Å²) < 4.78 is 5.49. The van der Waals surface area contributed by atoms with Crippen LogP contribution >= 0.6 is 0 Å². The zero-order valence-electron chi connectivity index (χ0n) is 17.3. The van der Waals surface area contributed by atoms with Gasteiger partial charge < -0.3 is 14.9 Å². The van der Waals surface area contributed by atoms with Crippen molar-refractivity contribution in [1.29, 1.82) is 0 Å². The van der Waals surface area contributed by atoms with Crippen LogP contribution in [0, 0.1) is 0 Å². The third kappa shape index (κ3) is 4.97. The number of aromatic carboxylic acids is 2. The van der Waals surface area contributed by atoms with Gasteiger partial charge in [0.05, 0.1) is 16.7 Å². The number of rotatable bonds is 6. The number of carboxylic acid groups (broad SMARTS) is 2. The van der Waals surface area contributed by atoms with Crippen molar-refractivity contribution < 1.29 is 29.3 Å². The number of carbonyl (C=O) groups excluding carboxylic acids is 1. The average Bonchev–Trinajstić information content (AvgIpc) is 2.84. The minimum atomic E-state index is -1.03. The minimum Gasteiger partial charge on any atom is -0.478 e. The van der Waals surface area contributed by atoms with Crippen LogP contribution < -0.4 is 4.74 Å². The molecule has 0 amide bonds. The van der Waals surface area contributed by atoms with E-state index in [-0.39, 0.29) is 11.1 Å². The molecule has 6 heteroatoms. The van der Waals surface area contributed by atoms with Crippen molar-refractivity contribution in [3.05, 3.63) is 114 Å². The molecule has 0 saturated carbocycles. The van der Waals surface area contributed by atoms with Crippen molar-refractivity contribution in [3.8, 4) is 28.0 Å². The standard InChI is InChI=1S/C27H18O6/c28-25(29)19-10-6-17(7-11-19)21-14-22(18-8-12-20(13-9-18)26(30)31)16-23(15-21)27(32)33-24-4-2-1-3-5-24/h1-16H,(H,28,29)(H,30,31). The number of ether oxygens (including phenoxy) is 1. The lowest BCUT2D eigenvalue weighted by Crippen LogP contribution is -2.09. The Labute approximate surface area is 189 Å². The van der Waals surface area contributed by atoms with Crippen LogP contribution in [0.2, 0.25) is 0 Å². The molecule has 33 heavy (non-hydrogen) atoms. The molecule has 162 valence electrons. The van der Waals surface area contributed by atoms with Crippen molar-refractivity contribution in [3.63, 3.8) is 0 Å². The van der Waals surface area contributed by atoms with Crippen LogP contribution in [0.3, 0.4) is 0 Å². The highest BCUT2D eigenvalue weighted by molar-refractivity contribution is 5.95. The predicted octanol–water partition coefficient (Wildman–Crippen LogP) is 5.64. The van der Waals surface area contributed by atoms with Gasteiger partial charge in [0.1, 0.15) is 5.75 Å². The van der Waals surface area contributed by atoms with Gasteiger partial charge in [-0.25, -0.2) is 14.4 Å². The quantitative estimate of drug-likeness (QED) is 0.299. The molecule has 4 rings (SSSR count). The van der Waals surface area contributed by atoms with E-state index in [4.69, 9.17) is 14.9 Å². The van der Waals surface area contributed by atoms with Gasteiger partial charge in [0, 0.05) is 0 Å². The van der Waals surface area contributed by atoms with Crippen molar-refractivity contribution in [2.45, 2.75) is 0 Å². The van der Waals surface area contributed by atoms with Gasteiger partial charge in [0.25, 0.3) is 0 Å². The molecule has 4 aromatic rings. The zero-order valence-corrected chi connectivity index (χ0v) is 17.3. The van der Waals surface area contributed by atoms with E-state index in [0.29, 0.717) is 22.4 Å². The Hall–Kier alpha value is -4.71. The van der Waals surface area contributed by atoms with Crippen molar-refractivity contribution in [1.82, 2.24) is 0 Å². The minimum absolute atomic E-state index is 0.155. The van der Waals surface area contributed by atoms with Crippen molar-refractivity contribution in [2.24, 2.45) is 0 Å². The predicted molar refractivity (Wildman–Crippen MR) is 123 cm³/mol. The molecule has 0 spiro atoms. The fraction of sp³-hybridized carbons (Fsp3) is 0. The third-order valence-corrected chi connectivity index (χ3v) is 5.05. The fourth-order valence-corrected chi connectivity index (χ4v) is 3.34. The zero-order chi connectivity index (χ0) is 23.4. The number of hydrogen-bond acceptors (Lipinski definition) is 4. The van der Waals surface area contributed by atoms with E-state index in [1.165, 1.54) is 24.3 Å². The number of carbonyl (C=O) groups is 3. The van der Waals surface area contributed by atoms with Crippen molar-refractivity contribution >= 4 is 17.9 Å². The SMILES string of the molecule is O=C(O)c1ccc(-c2cc(C(=O)Oc3ccccc3)cc(-c3ccc(C(=O)O)cc3)c2)cc1. The molecule has 2 N–H and O–H groups in total. The smallest absolute Gasteiger partial charge is 0.343 e. The van der Waals surface area contributed by atoms with Crippen LogP contribution in [0.25, 0.3) is 22.3 Å². The summed E-state index contributed by atoms with van der Waals surface area (Å²) in [5.74, 6) is -2.19. The molecule has 0 atom stereocenters. The molecule has 0 bridgehead atoms. The van der Waals surface area contributed by atoms with Gasteiger partial charge in [-0.1, -0.05) is 42.5 Å². The van der Waals surface area contributed by atoms with Crippen LogP contribution in [-0.4, -0.2) is 28.1 Å². The number of para-hydroxylation sites is 1. The lowest BCUT2D eigenvalue weighted by atomic mass is 9.95. The second-order valence-electron chi connectivity index (χ2n) is 7.27. The van der Waals surface area contributed by atoms with E-state index in [9.17, 15) is 14.4 Å². The van der Waals surface area contributed by atoms with Crippen LogP contribution in [0.15, 0.2) is 97.1 Å². The topological polar surface area (TPSA) is 101 Å². The molecule has 0 aromatic heterocycles. The summed E-state index contributed by atoms with van der Waals surface area (Å²) in [7, 11) is 0. The summed E-state index contributed by atoms with van der Waals surface area (Å²) >= 11 is 0. The molecule has 0 saturated heterocycles. The lowest BCUT2D eigenvalue weighted by Gasteiger charge is -2.11. The molecule has 6 nitrogen and oxygen atoms in total. The second kappa shape index (κ2) is 9.20. The first-order chi connectivity index (χ1) is 15.9. The fourth-order valence-electron chi connectivity index (χ4n) is 3.34. The highest BCUT2D eigenvalue weighted by atomic mass is 16.5. The maximum absolute atomic E-state index is 12.9. The highest BCUT2D eigenvalue weighted by Gasteiger charge is 2.14. The van der Waals surface area contributed by atoms with Gasteiger partial charge in [-0.3, -0.25) is 0 Å². The molecular weight excluding hydrogens is 420 g/mol. The molecule has 0 unspecified atom stereocenters. The van der Waals surface area contributed by atoms with E-state index in [1.54, 1.807) is 60.7 Å². The van der Waals surface area contributed by atoms with Crippen LogP contribution in [0.4, 0.5) is 0 Å². The summed E-state index contributed by atoms with van der Waals surface area (Å²) in [6.07, 6.45) is 0. The summed E-state index contributed by atoms with van der Waals surface area (Å²) in [6.45, 7) is 0. The molecule has 0 aliphatic rings. The third-order valence-electron chi connectivity index (χ3n) is 5.05. The molecule has 0 aliphatic carbocycles. The Morgan fingerprint density at radius 2 is 0.970 bits per heavy atom. The number of benzene rings is 4. The first-order valence-electron chi connectivity index (χ1n) is 10.0. The summed E-state index contributed by atoms with van der Waals surface area (Å²) in [5.41, 5.74) is 3.43. The molecule has 0 radical (unpaired) electrons. The van der Waals surface area contributed by atoms with Crippen LogP contribution in [0.1, 0.15) is 31.1 Å². The number of esters is 1. The van der Waals surface area contributed by atoms with Crippen molar-refractivity contribution in [2.75, 3.05) is 0 Å². The summed E-state index contributed by atoms with van der Waals surface area (Å²) in [5, 5.41) is 18.3. The maximum atomic E-state index is 12.9. The second-order valence-corrected chi connectivity index (χ2v) is 7.27. The lowest BCUT2D eigenvalue weighted by molar-refractivity contribution is 0.0686. The Balaban J connectivity index is 1.77. The number of carboxylic acids is 2. The van der Waals surface area contributed by atoms with Gasteiger partial charge in [0.2, 0.25) is 0 Å². The Bertz CT molecular complexity index is 1250. The summed E-state index contributed by atoms with van der Waals surface area (Å²) in [4.78, 5) is 35.2. The van der Waals surface area contributed by atoms with Gasteiger partial charge in [-0.05, 0) is 76.9 Å². The monoisotopic (exact) mass is 438 g/mol. The van der Waals surface area contributed by atoms with Gasteiger partial charge in [-0.2, -0.15) is 0 Å². The van der Waals surface area contributed by atoms with Crippen LogP contribution in [0.5, 0.6) is 5.75 Å². The highest BCUT2D eigenvalue weighted by Crippen LogP contribution is 2.29.